The number of halogens is 7. The quantitative estimate of drug-likeness (QED) is 0.0239. The molecule has 0 unspecified atom stereocenters. The molecule has 6 N–H and O–H groups in total. The Morgan fingerprint density at radius 3 is 1.06 bits per heavy atom. The largest absolute Gasteiger partial charge is 0.503 e. The Morgan fingerprint density at radius 2 is 0.740 bits per heavy atom. The van der Waals surface area contributed by atoms with Crippen LogP contribution in [-0.2, 0) is 19.6 Å². The van der Waals surface area contributed by atoms with Crippen molar-refractivity contribution < 1.29 is 46.6 Å². The first-order chi connectivity index (χ1) is 37.0. The van der Waals surface area contributed by atoms with Gasteiger partial charge in [0.2, 0.25) is 17.5 Å². The average molecular weight is 1120 g/mol. The highest BCUT2D eigenvalue weighted by Gasteiger charge is 2.16. The van der Waals surface area contributed by atoms with Crippen molar-refractivity contribution in [3.05, 3.63) is 254 Å². The van der Waals surface area contributed by atoms with Crippen LogP contribution in [0.5, 0.6) is 17.2 Å². The summed E-state index contributed by atoms with van der Waals surface area (Å²) in [7, 11) is 0. The van der Waals surface area contributed by atoms with E-state index in [-0.39, 0.29) is 29.3 Å². The van der Waals surface area contributed by atoms with Crippen LogP contribution in [0.4, 0.5) is 49.1 Å². The van der Waals surface area contributed by atoms with Gasteiger partial charge in [0.1, 0.15) is 0 Å². The molecule has 0 fully saturated rings. The lowest BCUT2D eigenvalue weighted by molar-refractivity contribution is -0.384. The number of hydrogen-bond donors (Lipinski definition) is 6. The van der Waals surface area contributed by atoms with Crippen molar-refractivity contribution in [1.82, 2.24) is 0 Å². The van der Waals surface area contributed by atoms with Crippen molar-refractivity contribution in [2.45, 2.75) is 55.9 Å². The highest BCUT2D eigenvalue weighted by atomic mass is 35.5. The third-order valence-electron chi connectivity index (χ3n) is 11.1. The van der Waals surface area contributed by atoms with Gasteiger partial charge in [-0.15, -0.1) is 0 Å². The summed E-state index contributed by atoms with van der Waals surface area (Å²) in [6.45, 7) is 3.05. The highest BCUT2D eigenvalue weighted by Crippen LogP contribution is 2.37. The zero-order valence-electron chi connectivity index (χ0n) is 40.4. The monoisotopic (exact) mass is 1120 g/mol. The summed E-state index contributed by atoms with van der Waals surface area (Å²) in [4.78, 5) is 16.2. The van der Waals surface area contributed by atoms with Crippen LogP contribution in [0.2, 0.25) is 5.02 Å². The summed E-state index contributed by atoms with van der Waals surface area (Å²) in [5.41, 5.74) is 4.44. The number of aryl methyl sites for hydroxylation is 1. The van der Waals surface area contributed by atoms with E-state index >= 15 is 0 Å². The van der Waals surface area contributed by atoms with Crippen molar-refractivity contribution in [1.29, 1.82) is 0 Å². The molecule has 0 saturated carbocycles. The lowest BCUT2D eigenvalue weighted by Gasteiger charge is -2.13. The lowest BCUT2D eigenvalue weighted by atomic mass is 10.2. The van der Waals surface area contributed by atoms with Crippen LogP contribution >= 0.6 is 46.9 Å². The summed E-state index contributed by atoms with van der Waals surface area (Å²) >= 11 is 10.5. The molecule has 0 aromatic heterocycles. The Kier molecular flexibility index (Phi) is 20.1. The second kappa shape index (κ2) is 27.2. The molecular weight excluding hydrogens is 1080 g/mol. The first-order valence-electron chi connectivity index (χ1n) is 23.1. The number of nitro groups is 1. The fraction of sp³-hybridized carbons (Fsp3) is 0.0690. The zero-order valence-corrected chi connectivity index (χ0v) is 43.6. The van der Waals surface area contributed by atoms with Crippen LogP contribution in [0.25, 0.3) is 0 Å². The van der Waals surface area contributed by atoms with Crippen LogP contribution in [0.15, 0.2) is 211 Å². The van der Waals surface area contributed by atoms with E-state index in [9.17, 15) is 51.8 Å². The Hall–Kier alpha value is -7.90. The van der Waals surface area contributed by atoms with Crippen LogP contribution in [0.3, 0.4) is 0 Å². The van der Waals surface area contributed by atoms with Crippen molar-refractivity contribution in [3.63, 3.8) is 0 Å². The Labute approximate surface area is 457 Å². The number of hydrogen-bond acceptors (Lipinski definition) is 11. The number of non-ortho nitro benzene ring substituents is 1. The molecule has 77 heavy (non-hydrogen) atoms. The minimum absolute atomic E-state index is 0.0168. The summed E-state index contributed by atoms with van der Waals surface area (Å²) in [6.07, 6.45) is 0. The minimum Gasteiger partial charge on any atom is -0.503 e. The number of benzene rings is 9. The summed E-state index contributed by atoms with van der Waals surface area (Å²) in [5, 5.41) is 49.3. The number of nitrogens with zero attached hydrogens (tertiary/aromatic N) is 1. The molecule has 0 aliphatic heterocycles. The molecule has 0 aliphatic rings. The molecule has 9 aromatic rings. The van der Waals surface area contributed by atoms with Crippen molar-refractivity contribution in [3.8, 4) is 17.2 Å². The fourth-order valence-electron chi connectivity index (χ4n) is 6.99. The third-order valence-corrected chi connectivity index (χ3v) is 14.7. The van der Waals surface area contributed by atoms with E-state index in [1.165, 1.54) is 47.7 Å². The standard InChI is InChI=1S/C20H17F2NOS.C19H14ClF2NOS.C19H14F2N2O3S/c1-13-6-8-15(9-7-13)25-18-5-3-2-4-14(18)12-23-17-11-10-16(21)19(22)20(17)24;20-13-5-7-14(8-6-13)25-17-4-2-1-3-12(17)11-23-16-10-9-15(21)18(22)19(16)24;20-15-9-10-16(19(24)18(15)21)22-11-12-3-1-2-4-17(12)27-14-7-5-13(6-8-14)23(25)26/h2-11,23-24H,12H2,1H3;1-10,23-24H,11H2;1-10,22,24H,11H2. The normalized spacial score (nSPS) is 10.6. The maximum atomic E-state index is 13.5. The van der Waals surface area contributed by atoms with Crippen molar-refractivity contribution >= 4 is 69.6 Å². The Bertz CT molecular complexity index is 3330. The van der Waals surface area contributed by atoms with Crippen molar-refractivity contribution in [2.24, 2.45) is 0 Å². The minimum atomic E-state index is -1.30. The molecule has 0 radical (unpaired) electrons. The Morgan fingerprint density at radius 1 is 0.442 bits per heavy atom. The van der Waals surface area contributed by atoms with E-state index in [4.69, 9.17) is 11.6 Å². The molecule has 0 bridgehead atoms. The second-order valence-corrected chi connectivity index (χ2v) is 20.3. The zero-order chi connectivity index (χ0) is 55.0. The summed E-state index contributed by atoms with van der Waals surface area (Å²) in [6, 6.07) is 51.7. The van der Waals surface area contributed by atoms with E-state index in [0.717, 1.165) is 64.3 Å². The molecule has 0 heterocycles. The topological polar surface area (TPSA) is 140 Å². The summed E-state index contributed by atoms with van der Waals surface area (Å²) in [5.74, 6) is -9.26. The maximum Gasteiger partial charge on any atom is 0.269 e. The SMILES string of the molecule is Cc1ccc(Sc2ccccc2CNc2ccc(F)c(F)c2O)cc1.O=[N+]([O-])c1ccc(Sc2ccccc2CNc2ccc(F)c(F)c2O)cc1.Oc1c(NCc2ccccc2Sc2ccc(Cl)cc2)ccc(F)c1F. The third kappa shape index (κ3) is 15.8. The number of phenolic OH excluding ortho intramolecular Hbond substituents is 3. The number of aromatic hydroxyl groups is 3. The Balaban J connectivity index is 0.000000168. The molecule has 0 atom stereocenters. The molecule has 9 nitrogen and oxygen atoms in total. The van der Waals surface area contributed by atoms with Gasteiger partial charge in [-0.05, 0) is 127 Å². The van der Waals surface area contributed by atoms with E-state index in [0.29, 0.717) is 18.1 Å². The molecule has 9 aromatic carbocycles. The van der Waals surface area contributed by atoms with E-state index in [1.54, 1.807) is 35.7 Å². The van der Waals surface area contributed by atoms with Gasteiger partial charge in [0.25, 0.3) is 5.69 Å². The molecular formula is C58H45ClF6N4O5S3. The van der Waals surface area contributed by atoms with E-state index < -0.39 is 57.1 Å². The van der Waals surface area contributed by atoms with Gasteiger partial charge in [-0.3, -0.25) is 10.1 Å². The maximum absolute atomic E-state index is 13.5. The first-order valence-corrected chi connectivity index (χ1v) is 25.9. The van der Waals surface area contributed by atoms with Gasteiger partial charge in [0.05, 0.1) is 22.0 Å². The van der Waals surface area contributed by atoms with Crippen LogP contribution in [0, 0.1) is 51.9 Å². The number of nitro benzene ring substituents is 1. The molecule has 0 spiro atoms. The van der Waals surface area contributed by atoms with Gasteiger partial charge in [-0.1, -0.05) is 119 Å². The van der Waals surface area contributed by atoms with Crippen LogP contribution in [0.1, 0.15) is 22.3 Å². The van der Waals surface area contributed by atoms with Crippen LogP contribution in [-0.4, -0.2) is 20.2 Å². The van der Waals surface area contributed by atoms with Gasteiger partial charge in [-0.25, -0.2) is 13.2 Å². The fourth-order valence-corrected chi connectivity index (χ4v) is 9.95. The molecule has 19 heteroatoms. The van der Waals surface area contributed by atoms with E-state index in [2.05, 4.69) is 40.2 Å². The second-order valence-electron chi connectivity index (χ2n) is 16.5. The smallest absolute Gasteiger partial charge is 0.269 e. The molecule has 9 rings (SSSR count). The first kappa shape index (κ1) is 56.8. The predicted molar refractivity (Wildman–Crippen MR) is 293 cm³/mol. The predicted octanol–water partition coefficient (Wildman–Crippen LogP) is 17.2. The number of nitrogens with one attached hydrogen (secondary N) is 3. The number of rotatable bonds is 16. The molecule has 0 aliphatic carbocycles. The number of anilines is 3. The van der Waals surface area contributed by atoms with Gasteiger partial charge in [-0.2, -0.15) is 13.2 Å². The van der Waals surface area contributed by atoms with Gasteiger partial charge >= 0.3 is 0 Å². The summed E-state index contributed by atoms with van der Waals surface area (Å²) < 4.78 is 79.6. The van der Waals surface area contributed by atoms with E-state index in [1.807, 2.05) is 104 Å². The molecule has 0 saturated heterocycles. The lowest BCUT2D eigenvalue weighted by Crippen LogP contribution is -2.02. The molecule has 0 amide bonds. The van der Waals surface area contributed by atoms with Crippen molar-refractivity contribution in [2.75, 3.05) is 16.0 Å². The number of phenols is 3. The highest BCUT2D eigenvalue weighted by molar-refractivity contribution is 8.00. The van der Waals surface area contributed by atoms with Gasteiger partial charge in [0.15, 0.2) is 34.7 Å². The molecule has 394 valence electrons. The van der Waals surface area contributed by atoms with Gasteiger partial charge < -0.3 is 31.3 Å². The van der Waals surface area contributed by atoms with Gasteiger partial charge in [0, 0.05) is 66.2 Å². The van der Waals surface area contributed by atoms with Crippen LogP contribution < -0.4 is 16.0 Å². The average Bonchev–Trinajstić information content (AvgIpc) is 3.44.